The van der Waals surface area contributed by atoms with Gasteiger partial charge in [-0.05, 0) is 55.9 Å². The summed E-state index contributed by atoms with van der Waals surface area (Å²) in [7, 11) is 0. The van der Waals surface area contributed by atoms with E-state index in [4.69, 9.17) is 9.47 Å². The van der Waals surface area contributed by atoms with Crippen LogP contribution in [0.15, 0.2) is 18.2 Å². The molecular formula is C24H33N3O3. The Labute approximate surface area is 178 Å². The fourth-order valence-corrected chi connectivity index (χ4v) is 5.40. The molecule has 2 aromatic rings. The van der Waals surface area contributed by atoms with Gasteiger partial charge >= 0.3 is 0 Å². The van der Waals surface area contributed by atoms with E-state index in [1.165, 1.54) is 22.2 Å². The highest BCUT2D eigenvalue weighted by Gasteiger charge is 2.29. The predicted molar refractivity (Wildman–Crippen MR) is 118 cm³/mol. The summed E-state index contributed by atoms with van der Waals surface area (Å²) in [5.41, 5.74) is 5.11. The molecule has 3 aliphatic heterocycles. The molecule has 1 unspecified atom stereocenters. The zero-order valence-corrected chi connectivity index (χ0v) is 18.0. The molecule has 1 amide bonds. The first kappa shape index (κ1) is 20.0. The monoisotopic (exact) mass is 411 g/mol. The molecule has 6 heteroatoms. The number of hydrogen-bond donors (Lipinski definition) is 1. The Kier molecular flexibility index (Phi) is 5.81. The lowest BCUT2D eigenvalue weighted by Crippen LogP contribution is -2.42. The number of anilines is 1. The fraction of sp³-hybridized carbons (Fsp3) is 0.625. The van der Waals surface area contributed by atoms with E-state index in [2.05, 4.69) is 33.8 Å². The number of aryl methyl sites for hydroxylation is 1. The first-order chi connectivity index (χ1) is 14.7. The lowest BCUT2D eigenvalue weighted by atomic mass is 9.99. The van der Waals surface area contributed by atoms with Crippen molar-refractivity contribution in [2.45, 2.75) is 70.7 Å². The smallest absolute Gasteiger partial charge is 0.253 e. The summed E-state index contributed by atoms with van der Waals surface area (Å²) in [6, 6.07) is 7.04. The maximum absolute atomic E-state index is 12.5. The van der Waals surface area contributed by atoms with Crippen molar-refractivity contribution in [2.75, 3.05) is 31.7 Å². The highest BCUT2D eigenvalue weighted by atomic mass is 16.5. The van der Waals surface area contributed by atoms with Crippen LogP contribution in [-0.4, -0.2) is 53.9 Å². The molecule has 0 spiro atoms. The minimum absolute atomic E-state index is 0.0162. The van der Waals surface area contributed by atoms with Crippen LogP contribution in [-0.2, 0) is 33.8 Å². The van der Waals surface area contributed by atoms with Gasteiger partial charge in [0.15, 0.2) is 0 Å². The first-order valence-electron chi connectivity index (χ1n) is 11.6. The van der Waals surface area contributed by atoms with E-state index in [-0.39, 0.29) is 12.0 Å². The molecule has 30 heavy (non-hydrogen) atoms. The van der Waals surface area contributed by atoms with Crippen LogP contribution in [0.4, 0.5) is 5.69 Å². The third-order valence-corrected chi connectivity index (χ3v) is 6.93. The standard InChI is InChI=1S/C24H33N3O3/c1-2-10-27-21-6-5-17(25-24(28)23-4-3-12-30-23)15-19(21)20-16-26(11-7-22(20)27)18-8-13-29-14-9-18/h5-6,15,18,23H,2-4,7-14,16H2,1H3,(H,25,28). The third-order valence-electron chi connectivity index (χ3n) is 6.93. The van der Waals surface area contributed by atoms with Crippen LogP contribution in [0, 0.1) is 0 Å². The second-order valence-electron chi connectivity index (χ2n) is 8.86. The van der Waals surface area contributed by atoms with Gasteiger partial charge in [0.25, 0.3) is 5.91 Å². The summed E-state index contributed by atoms with van der Waals surface area (Å²) in [5, 5.41) is 4.39. The Morgan fingerprint density at radius 3 is 2.83 bits per heavy atom. The van der Waals surface area contributed by atoms with E-state index in [1.807, 2.05) is 6.07 Å². The molecule has 1 aromatic carbocycles. The minimum Gasteiger partial charge on any atom is -0.381 e. The number of ether oxygens (including phenoxy) is 2. The molecule has 2 fully saturated rings. The molecule has 4 heterocycles. The number of nitrogens with zero attached hydrogens (tertiary/aromatic N) is 2. The average molecular weight is 412 g/mol. The number of amides is 1. The summed E-state index contributed by atoms with van der Waals surface area (Å²) < 4.78 is 13.6. The first-order valence-corrected chi connectivity index (χ1v) is 11.6. The Bertz CT molecular complexity index is 910. The van der Waals surface area contributed by atoms with Crippen molar-refractivity contribution in [1.82, 2.24) is 9.47 Å². The third kappa shape index (κ3) is 3.77. The Balaban J connectivity index is 1.45. The molecule has 0 aliphatic carbocycles. The van der Waals surface area contributed by atoms with Gasteiger partial charge in [-0.1, -0.05) is 6.92 Å². The summed E-state index contributed by atoms with van der Waals surface area (Å²) in [4.78, 5) is 15.2. The van der Waals surface area contributed by atoms with E-state index in [0.29, 0.717) is 12.6 Å². The van der Waals surface area contributed by atoms with Gasteiger partial charge in [-0.3, -0.25) is 9.69 Å². The Morgan fingerprint density at radius 1 is 1.20 bits per heavy atom. The van der Waals surface area contributed by atoms with Crippen LogP contribution in [0.3, 0.4) is 0 Å². The lowest BCUT2D eigenvalue weighted by molar-refractivity contribution is -0.124. The number of rotatable bonds is 5. The molecule has 1 N–H and O–H groups in total. The highest BCUT2D eigenvalue weighted by Crippen LogP contribution is 2.34. The lowest BCUT2D eigenvalue weighted by Gasteiger charge is -2.37. The molecule has 6 nitrogen and oxygen atoms in total. The van der Waals surface area contributed by atoms with Crippen molar-refractivity contribution < 1.29 is 14.3 Å². The molecule has 1 aromatic heterocycles. The second-order valence-corrected chi connectivity index (χ2v) is 8.86. The van der Waals surface area contributed by atoms with Crippen molar-refractivity contribution in [3.8, 4) is 0 Å². The highest BCUT2D eigenvalue weighted by molar-refractivity contribution is 5.97. The number of nitrogens with one attached hydrogen (secondary N) is 1. The molecule has 5 rings (SSSR count). The van der Waals surface area contributed by atoms with Gasteiger partial charge in [-0.25, -0.2) is 0 Å². The van der Waals surface area contributed by atoms with Gasteiger partial charge < -0.3 is 19.4 Å². The largest absolute Gasteiger partial charge is 0.381 e. The maximum Gasteiger partial charge on any atom is 0.253 e. The summed E-state index contributed by atoms with van der Waals surface area (Å²) in [6.07, 6.45) is 5.96. The van der Waals surface area contributed by atoms with Crippen LogP contribution in [0.1, 0.15) is 50.3 Å². The summed E-state index contributed by atoms with van der Waals surface area (Å²) in [6.45, 7) is 7.86. The van der Waals surface area contributed by atoms with E-state index in [1.54, 1.807) is 0 Å². The van der Waals surface area contributed by atoms with Crippen LogP contribution >= 0.6 is 0 Å². The van der Waals surface area contributed by atoms with Crippen LogP contribution in [0.5, 0.6) is 0 Å². The Hall–Kier alpha value is -1.89. The molecule has 1 atom stereocenters. The van der Waals surface area contributed by atoms with Crippen LogP contribution in [0.25, 0.3) is 10.9 Å². The molecule has 0 saturated carbocycles. The van der Waals surface area contributed by atoms with Crippen molar-refractivity contribution in [3.05, 3.63) is 29.5 Å². The summed E-state index contributed by atoms with van der Waals surface area (Å²) in [5.74, 6) is -0.0162. The van der Waals surface area contributed by atoms with Crippen molar-refractivity contribution in [1.29, 1.82) is 0 Å². The molecule has 0 bridgehead atoms. The number of aromatic nitrogens is 1. The average Bonchev–Trinajstić information content (AvgIpc) is 3.42. The molecular weight excluding hydrogens is 378 g/mol. The molecule has 0 radical (unpaired) electrons. The van der Waals surface area contributed by atoms with Crippen molar-refractivity contribution >= 4 is 22.5 Å². The normalized spacial score (nSPS) is 23.0. The van der Waals surface area contributed by atoms with Crippen LogP contribution < -0.4 is 5.32 Å². The number of hydrogen-bond acceptors (Lipinski definition) is 4. The number of carbonyl (C=O) groups is 1. The quantitative estimate of drug-likeness (QED) is 0.815. The molecule has 2 saturated heterocycles. The van der Waals surface area contributed by atoms with Gasteiger partial charge in [-0.2, -0.15) is 0 Å². The van der Waals surface area contributed by atoms with Gasteiger partial charge in [0.1, 0.15) is 6.10 Å². The maximum atomic E-state index is 12.5. The summed E-state index contributed by atoms with van der Waals surface area (Å²) >= 11 is 0. The van der Waals surface area contributed by atoms with Gasteiger partial charge in [0.05, 0.1) is 0 Å². The van der Waals surface area contributed by atoms with Gasteiger partial charge in [-0.15, -0.1) is 0 Å². The topological polar surface area (TPSA) is 55.7 Å². The molecule has 162 valence electrons. The van der Waals surface area contributed by atoms with Crippen LogP contribution in [0.2, 0.25) is 0 Å². The van der Waals surface area contributed by atoms with Crippen molar-refractivity contribution in [2.24, 2.45) is 0 Å². The molecule has 3 aliphatic rings. The predicted octanol–water partition coefficient (Wildman–Crippen LogP) is 3.71. The number of fused-ring (bicyclic) bond motifs is 3. The van der Waals surface area contributed by atoms with Gasteiger partial charge in [0.2, 0.25) is 0 Å². The van der Waals surface area contributed by atoms with E-state index in [0.717, 1.165) is 77.1 Å². The SMILES string of the molecule is CCCn1c2c(c3cc(NC(=O)C4CCCO4)ccc31)CN(C1CCOCC1)CC2. The van der Waals surface area contributed by atoms with Gasteiger partial charge in [0, 0.05) is 74.2 Å². The Morgan fingerprint density at radius 2 is 2.07 bits per heavy atom. The minimum atomic E-state index is -0.302. The van der Waals surface area contributed by atoms with E-state index in [9.17, 15) is 4.79 Å². The van der Waals surface area contributed by atoms with E-state index >= 15 is 0 Å². The number of benzene rings is 1. The zero-order chi connectivity index (χ0) is 20.5. The van der Waals surface area contributed by atoms with E-state index < -0.39 is 0 Å². The number of carbonyl (C=O) groups excluding carboxylic acids is 1. The fourth-order valence-electron chi connectivity index (χ4n) is 5.40. The zero-order valence-electron chi connectivity index (χ0n) is 18.0. The van der Waals surface area contributed by atoms with Crippen molar-refractivity contribution in [3.63, 3.8) is 0 Å². The second kappa shape index (κ2) is 8.69.